The minimum absolute atomic E-state index is 0.0883. The molecule has 0 aromatic heterocycles. The average Bonchev–Trinajstić information content (AvgIpc) is 2.79. The van der Waals surface area contributed by atoms with Crippen molar-refractivity contribution >= 4 is 15.9 Å². The first kappa shape index (κ1) is 24.3. The van der Waals surface area contributed by atoms with Gasteiger partial charge >= 0.3 is 0 Å². The van der Waals surface area contributed by atoms with Gasteiger partial charge in [-0.15, -0.1) is 0 Å². The summed E-state index contributed by atoms with van der Waals surface area (Å²) >= 11 is 0. The summed E-state index contributed by atoms with van der Waals surface area (Å²) in [6.45, 7) is 8.78. The van der Waals surface area contributed by atoms with E-state index in [9.17, 15) is 22.0 Å². The Hall–Kier alpha value is -2.36. The van der Waals surface area contributed by atoms with Gasteiger partial charge in [-0.05, 0) is 56.3 Å². The summed E-state index contributed by atoms with van der Waals surface area (Å²) in [6, 6.07) is 10.5. The van der Waals surface area contributed by atoms with Crippen LogP contribution in [0.15, 0.2) is 47.4 Å². The van der Waals surface area contributed by atoms with Crippen molar-refractivity contribution in [3.63, 3.8) is 0 Å². The van der Waals surface area contributed by atoms with Gasteiger partial charge in [-0.2, -0.15) is 4.31 Å². The van der Waals surface area contributed by atoms with Crippen molar-refractivity contribution in [2.24, 2.45) is 0 Å². The first-order valence-electron chi connectivity index (χ1n) is 10.7. The lowest BCUT2D eigenvalue weighted by Gasteiger charge is -2.34. The lowest BCUT2D eigenvalue weighted by molar-refractivity contribution is 0.0698. The normalized spacial score (nSPS) is 15.5. The Kier molecular flexibility index (Phi) is 7.63. The maximum atomic E-state index is 13.5. The lowest BCUT2D eigenvalue weighted by Crippen LogP contribution is -2.50. The number of piperazine rings is 1. The molecule has 0 radical (unpaired) electrons. The van der Waals surface area contributed by atoms with Gasteiger partial charge in [-0.1, -0.05) is 19.1 Å². The first-order chi connectivity index (χ1) is 15.1. The molecule has 1 aliphatic heterocycles. The summed E-state index contributed by atoms with van der Waals surface area (Å²) in [6.07, 6.45) is 0. The van der Waals surface area contributed by atoms with Crippen molar-refractivity contribution < 1.29 is 22.0 Å². The summed E-state index contributed by atoms with van der Waals surface area (Å²) < 4.78 is 53.3. The van der Waals surface area contributed by atoms with E-state index in [4.69, 9.17) is 0 Å². The molecule has 0 N–H and O–H groups in total. The highest BCUT2D eigenvalue weighted by Gasteiger charge is 2.31. The van der Waals surface area contributed by atoms with Crippen LogP contribution >= 0.6 is 0 Å². The van der Waals surface area contributed by atoms with E-state index < -0.39 is 21.7 Å². The largest absolute Gasteiger partial charge is 0.336 e. The number of rotatable bonds is 7. The molecule has 2 aromatic rings. The van der Waals surface area contributed by atoms with Crippen molar-refractivity contribution in [2.75, 3.05) is 32.7 Å². The minimum atomic E-state index is -3.96. The van der Waals surface area contributed by atoms with Crippen LogP contribution in [-0.2, 0) is 16.6 Å². The minimum Gasteiger partial charge on any atom is -0.336 e. The zero-order chi connectivity index (χ0) is 23.5. The van der Waals surface area contributed by atoms with Crippen LogP contribution in [0.5, 0.6) is 0 Å². The molecule has 9 heteroatoms. The second-order valence-corrected chi connectivity index (χ2v) is 10.1. The zero-order valence-electron chi connectivity index (χ0n) is 18.6. The number of nitrogens with zero attached hydrogens (tertiary/aromatic N) is 3. The Balaban J connectivity index is 1.62. The van der Waals surface area contributed by atoms with Crippen LogP contribution in [0.4, 0.5) is 8.78 Å². The van der Waals surface area contributed by atoms with Crippen LogP contribution in [0.3, 0.4) is 0 Å². The molecule has 174 valence electrons. The molecule has 0 unspecified atom stereocenters. The first-order valence-corrected chi connectivity index (χ1v) is 12.1. The van der Waals surface area contributed by atoms with E-state index in [1.54, 1.807) is 17.0 Å². The monoisotopic (exact) mass is 465 g/mol. The third kappa shape index (κ3) is 5.33. The molecule has 1 heterocycles. The number of halogens is 2. The summed E-state index contributed by atoms with van der Waals surface area (Å²) in [5.74, 6) is -2.46. The number of benzene rings is 2. The van der Waals surface area contributed by atoms with Crippen molar-refractivity contribution in [2.45, 2.75) is 38.3 Å². The van der Waals surface area contributed by atoms with Crippen molar-refractivity contribution in [1.82, 2.24) is 14.1 Å². The van der Waals surface area contributed by atoms with E-state index in [1.807, 2.05) is 12.1 Å². The fourth-order valence-electron chi connectivity index (χ4n) is 3.75. The highest BCUT2D eigenvalue weighted by molar-refractivity contribution is 7.89. The molecular formula is C23H29F2N3O3S. The second-order valence-electron chi connectivity index (χ2n) is 8.13. The fourth-order valence-corrected chi connectivity index (χ4v) is 5.18. The predicted octanol–water partition coefficient (Wildman–Crippen LogP) is 3.34. The average molecular weight is 466 g/mol. The number of hydrogen-bond acceptors (Lipinski definition) is 4. The molecule has 6 nitrogen and oxygen atoms in total. The van der Waals surface area contributed by atoms with Gasteiger partial charge in [0.05, 0.1) is 4.90 Å². The molecular weight excluding hydrogens is 436 g/mol. The Morgan fingerprint density at radius 1 is 1.00 bits per heavy atom. The fraction of sp³-hybridized carbons (Fsp3) is 0.435. The molecule has 1 aliphatic rings. The standard InChI is InChI=1S/C23H29F2N3O3S/c1-4-26(17(2)3)16-18-5-7-19(8-6-18)23(29)27-11-13-28(14-12-27)32(30,31)20-9-10-21(24)22(25)15-20/h5-10,15,17H,4,11-14,16H2,1-3H3. The van der Waals surface area contributed by atoms with E-state index in [0.717, 1.165) is 30.8 Å². The van der Waals surface area contributed by atoms with Crippen LogP contribution in [-0.4, -0.2) is 67.2 Å². The van der Waals surface area contributed by atoms with Crippen LogP contribution in [0.2, 0.25) is 0 Å². The molecule has 0 bridgehead atoms. The number of sulfonamides is 1. The third-order valence-electron chi connectivity index (χ3n) is 5.78. The number of hydrogen-bond donors (Lipinski definition) is 0. The van der Waals surface area contributed by atoms with Gasteiger partial charge in [-0.3, -0.25) is 9.69 Å². The smallest absolute Gasteiger partial charge is 0.253 e. The quantitative estimate of drug-likeness (QED) is 0.629. The summed E-state index contributed by atoms with van der Waals surface area (Å²) in [5, 5.41) is 0. The lowest BCUT2D eigenvalue weighted by atomic mass is 10.1. The molecule has 3 rings (SSSR count). The summed E-state index contributed by atoms with van der Waals surface area (Å²) in [5.41, 5.74) is 1.68. The highest BCUT2D eigenvalue weighted by Crippen LogP contribution is 2.21. The van der Waals surface area contributed by atoms with Gasteiger partial charge in [-0.25, -0.2) is 17.2 Å². The maximum absolute atomic E-state index is 13.5. The molecule has 0 atom stereocenters. The molecule has 32 heavy (non-hydrogen) atoms. The third-order valence-corrected chi connectivity index (χ3v) is 7.67. The second kappa shape index (κ2) is 10.1. The van der Waals surface area contributed by atoms with Gasteiger partial charge in [0.1, 0.15) is 0 Å². The van der Waals surface area contributed by atoms with Crippen LogP contribution in [0, 0.1) is 11.6 Å². The van der Waals surface area contributed by atoms with Crippen LogP contribution < -0.4 is 0 Å². The Labute approximate surface area is 188 Å². The van der Waals surface area contributed by atoms with E-state index in [-0.39, 0.29) is 37.0 Å². The molecule has 0 saturated carbocycles. The van der Waals surface area contributed by atoms with Crippen molar-refractivity contribution in [3.05, 3.63) is 65.2 Å². The van der Waals surface area contributed by atoms with E-state index in [1.165, 1.54) is 4.31 Å². The molecule has 1 saturated heterocycles. The molecule has 0 aliphatic carbocycles. The van der Waals surface area contributed by atoms with E-state index >= 15 is 0 Å². The molecule has 1 amide bonds. The van der Waals surface area contributed by atoms with Gasteiger partial charge in [0.2, 0.25) is 10.0 Å². The van der Waals surface area contributed by atoms with Crippen molar-refractivity contribution in [3.8, 4) is 0 Å². The Morgan fingerprint density at radius 3 is 2.16 bits per heavy atom. The van der Waals surface area contributed by atoms with E-state index in [0.29, 0.717) is 17.7 Å². The van der Waals surface area contributed by atoms with Crippen molar-refractivity contribution in [1.29, 1.82) is 0 Å². The molecule has 2 aromatic carbocycles. The van der Waals surface area contributed by atoms with Crippen LogP contribution in [0.1, 0.15) is 36.7 Å². The summed E-state index contributed by atoms with van der Waals surface area (Å²) in [4.78, 5) is 16.5. The van der Waals surface area contributed by atoms with Gasteiger partial charge < -0.3 is 4.90 Å². The number of carbonyl (C=O) groups excluding carboxylic acids is 1. The van der Waals surface area contributed by atoms with Gasteiger partial charge in [0, 0.05) is 44.3 Å². The van der Waals surface area contributed by atoms with Gasteiger partial charge in [0.15, 0.2) is 11.6 Å². The molecule has 1 fully saturated rings. The summed E-state index contributed by atoms with van der Waals surface area (Å²) in [7, 11) is -3.96. The predicted molar refractivity (Wildman–Crippen MR) is 119 cm³/mol. The zero-order valence-corrected chi connectivity index (χ0v) is 19.4. The maximum Gasteiger partial charge on any atom is 0.253 e. The van der Waals surface area contributed by atoms with E-state index in [2.05, 4.69) is 25.7 Å². The SMILES string of the molecule is CCN(Cc1ccc(C(=O)N2CCN(S(=O)(=O)c3ccc(F)c(F)c3)CC2)cc1)C(C)C. The molecule has 0 spiro atoms. The topological polar surface area (TPSA) is 60.9 Å². The van der Waals surface area contributed by atoms with Crippen LogP contribution in [0.25, 0.3) is 0 Å². The van der Waals surface area contributed by atoms with Gasteiger partial charge in [0.25, 0.3) is 5.91 Å². The Morgan fingerprint density at radius 2 is 1.62 bits per heavy atom. The highest BCUT2D eigenvalue weighted by atomic mass is 32.2. The number of carbonyl (C=O) groups is 1. The Bertz CT molecular complexity index is 1050. The number of amides is 1.